The van der Waals surface area contributed by atoms with Gasteiger partial charge in [0.05, 0.1) is 19.1 Å². The second-order valence-electron chi connectivity index (χ2n) is 5.21. The number of benzene rings is 2. The molecule has 0 aliphatic carbocycles. The van der Waals surface area contributed by atoms with Crippen LogP contribution in [0.1, 0.15) is 31.0 Å². The van der Waals surface area contributed by atoms with Gasteiger partial charge in [-0.05, 0) is 49.2 Å². The van der Waals surface area contributed by atoms with Crippen LogP contribution in [-0.2, 0) is 11.2 Å². The van der Waals surface area contributed by atoms with Crippen LogP contribution in [0.2, 0.25) is 0 Å². The van der Waals surface area contributed by atoms with Crippen LogP contribution in [0.3, 0.4) is 0 Å². The zero-order valence-electron chi connectivity index (χ0n) is 13.0. The number of carbonyl (C=O) groups excluding carboxylic acids is 1. The fourth-order valence-electron chi connectivity index (χ4n) is 2.24. The molecule has 2 aromatic rings. The SMILES string of the molecule is CCOc1cccc(C(C)NC(=O)Cc2ccc(N)cc2)c1. The molecule has 1 atom stereocenters. The van der Waals surface area contributed by atoms with Gasteiger partial charge in [0.2, 0.25) is 5.91 Å². The van der Waals surface area contributed by atoms with Crippen molar-refractivity contribution < 1.29 is 9.53 Å². The molecule has 1 amide bonds. The first kappa shape index (κ1) is 15.9. The van der Waals surface area contributed by atoms with E-state index in [0.717, 1.165) is 16.9 Å². The maximum absolute atomic E-state index is 12.1. The Balaban J connectivity index is 1.95. The quantitative estimate of drug-likeness (QED) is 0.805. The number of rotatable bonds is 6. The molecule has 4 nitrogen and oxygen atoms in total. The molecule has 22 heavy (non-hydrogen) atoms. The van der Waals surface area contributed by atoms with E-state index in [2.05, 4.69) is 5.32 Å². The second kappa shape index (κ2) is 7.50. The molecule has 0 fully saturated rings. The van der Waals surface area contributed by atoms with Crippen molar-refractivity contribution in [3.05, 3.63) is 59.7 Å². The lowest BCUT2D eigenvalue weighted by Crippen LogP contribution is -2.28. The van der Waals surface area contributed by atoms with Gasteiger partial charge in [-0.1, -0.05) is 24.3 Å². The normalized spacial score (nSPS) is 11.7. The van der Waals surface area contributed by atoms with Gasteiger partial charge in [-0.25, -0.2) is 0 Å². The predicted molar refractivity (Wildman–Crippen MR) is 88.7 cm³/mol. The largest absolute Gasteiger partial charge is 0.494 e. The van der Waals surface area contributed by atoms with E-state index in [1.54, 1.807) is 12.1 Å². The average Bonchev–Trinajstić information content (AvgIpc) is 2.50. The van der Waals surface area contributed by atoms with E-state index in [4.69, 9.17) is 10.5 Å². The van der Waals surface area contributed by atoms with Crippen molar-refractivity contribution in [2.75, 3.05) is 12.3 Å². The summed E-state index contributed by atoms with van der Waals surface area (Å²) in [5.74, 6) is 0.804. The third-order valence-corrected chi connectivity index (χ3v) is 3.39. The minimum atomic E-state index is -0.0679. The topological polar surface area (TPSA) is 64.3 Å². The summed E-state index contributed by atoms with van der Waals surface area (Å²) in [5, 5.41) is 3.00. The standard InChI is InChI=1S/C18H22N2O2/c1-3-22-17-6-4-5-15(12-17)13(2)20-18(21)11-14-7-9-16(19)10-8-14/h4-10,12-13H,3,11,19H2,1-2H3,(H,20,21). The molecule has 2 rings (SSSR count). The van der Waals surface area contributed by atoms with Gasteiger partial charge >= 0.3 is 0 Å². The maximum Gasteiger partial charge on any atom is 0.224 e. The molecule has 2 aromatic carbocycles. The molecule has 116 valence electrons. The lowest BCUT2D eigenvalue weighted by molar-refractivity contribution is -0.121. The summed E-state index contributed by atoms with van der Waals surface area (Å²) in [6.07, 6.45) is 0.343. The summed E-state index contributed by atoms with van der Waals surface area (Å²) in [5.41, 5.74) is 8.31. The highest BCUT2D eigenvalue weighted by Gasteiger charge is 2.11. The number of anilines is 1. The molecule has 0 bridgehead atoms. The first-order valence-corrected chi connectivity index (χ1v) is 7.45. The number of nitrogens with one attached hydrogen (secondary N) is 1. The van der Waals surface area contributed by atoms with Crippen LogP contribution in [0.25, 0.3) is 0 Å². The summed E-state index contributed by atoms with van der Waals surface area (Å²) < 4.78 is 5.48. The molecule has 0 spiro atoms. The van der Waals surface area contributed by atoms with E-state index in [-0.39, 0.29) is 11.9 Å². The molecule has 3 N–H and O–H groups in total. The van der Waals surface area contributed by atoms with Crippen LogP contribution in [0.5, 0.6) is 5.75 Å². The van der Waals surface area contributed by atoms with Crippen molar-refractivity contribution >= 4 is 11.6 Å². The molecule has 0 aliphatic rings. The van der Waals surface area contributed by atoms with E-state index >= 15 is 0 Å². The smallest absolute Gasteiger partial charge is 0.224 e. The van der Waals surface area contributed by atoms with Crippen molar-refractivity contribution in [3.8, 4) is 5.75 Å². The first-order valence-electron chi connectivity index (χ1n) is 7.45. The zero-order valence-corrected chi connectivity index (χ0v) is 13.0. The monoisotopic (exact) mass is 298 g/mol. The number of nitrogen functional groups attached to an aromatic ring is 1. The van der Waals surface area contributed by atoms with Gasteiger partial charge < -0.3 is 15.8 Å². The highest BCUT2D eigenvalue weighted by atomic mass is 16.5. The third kappa shape index (κ3) is 4.52. The fourth-order valence-corrected chi connectivity index (χ4v) is 2.24. The molecule has 0 radical (unpaired) electrons. The van der Waals surface area contributed by atoms with Crippen molar-refractivity contribution in [3.63, 3.8) is 0 Å². The molecule has 1 unspecified atom stereocenters. The van der Waals surface area contributed by atoms with E-state index in [0.29, 0.717) is 18.7 Å². The summed E-state index contributed by atoms with van der Waals surface area (Å²) in [4.78, 5) is 12.1. The Hall–Kier alpha value is -2.49. The van der Waals surface area contributed by atoms with Crippen molar-refractivity contribution in [1.29, 1.82) is 0 Å². The molecule has 4 heteroatoms. The average molecular weight is 298 g/mol. The Kier molecular flexibility index (Phi) is 5.42. The molecule has 0 heterocycles. The van der Waals surface area contributed by atoms with Gasteiger partial charge in [0, 0.05) is 5.69 Å². The molecular formula is C18H22N2O2. The van der Waals surface area contributed by atoms with Crippen LogP contribution < -0.4 is 15.8 Å². The van der Waals surface area contributed by atoms with Crippen LogP contribution in [0.4, 0.5) is 5.69 Å². The van der Waals surface area contributed by atoms with Crippen LogP contribution in [0.15, 0.2) is 48.5 Å². The number of carbonyl (C=O) groups is 1. The van der Waals surface area contributed by atoms with Crippen molar-refractivity contribution in [2.45, 2.75) is 26.3 Å². The Morgan fingerprint density at radius 2 is 1.95 bits per heavy atom. The predicted octanol–water partition coefficient (Wildman–Crippen LogP) is 3.09. The lowest BCUT2D eigenvalue weighted by Gasteiger charge is -2.15. The molecular weight excluding hydrogens is 276 g/mol. The highest BCUT2D eigenvalue weighted by Crippen LogP contribution is 2.19. The number of ether oxygens (including phenoxy) is 1. The Morgan fingerprint density at radius 3 is 2.64 bits per heavy atom. The number of nitrogens with two attached hydrogens (primary N) is 1. The Bertz CT molecular complexity index is 623. The van der Waals surface area contributed by atoms with Gasteiger partial charge in [-0.3, -0.25) is 4.79 Å². The van der Waals surface area contributed by atoms with E-state index in [9.17, 15) is 4.79 Å². The summed E-state index contributed by atoms with van der Waals surface area (Å²) in [6.45, 7) is 4.54. The van der Waals surface area contributed by atoms with Gasteiger partial charge in [0.25, 0.3) is 0 Å². The Morgan fingerprint density at radius 1 is 1.23 bits per heavy atom. The number of hydrogen-bond acceptors (Lipinski definition) is 3. The van der Waals surface area contributed by atoms with Gasteiger partial charge in [0.15, 0.2) is 0 Å². The molecule has 0 aliphatic heterocycles. The maximum atomic E-state index is 12.1. The summed E-state index contributed by atoms with van der Waals surface area (Å²) in [6, 6.07) is 15.1. The van der Waals surface area contributed by atoms with Gasteiger partial charge in [-0.15, -0.1) is 0 Å². The first-order chi connectivity index (χ1) is 10.6. The van der Waals surface area contributed by atoms with Gasteiger partial charge in [-0.2, -0.15) is 0 Å². The van der Waals surface area contributed by atoms with Crippen LogP contribution in [-0.4, -0.2) is 12.5 Å². The molecule has 0 saturated heterocycles. The summed E-state index contributed by atoms with van der Waals surface area (Å²) in [7, 11) is 0. The van der Waals surface area contributed by atoms with Crippen LogP contribution >= 0.6 is 0 Å². The minimum absolute atomic E-state index is 0.0147. The highest BCUT2D eigenvalue weighted by molar-refractivity contribution is 5.79. The fraction of sp³-hybridized carbons (Fsp3) is 0.278. The van der Waals surface area contributed by atoms with Crippen LogP contribution in [0, 0.1) is 0 Å². The van der Waals surface area contributed by atoms with E-state index in [1.807, 2.05) is 50.2 Å². The molecule has 0 saturated carbocycles. The minimum Gasteiger partial charge on any atom is -0.494 e. The Labute approximate surface area is 131 Å². The lowest BCUT2D eigenvalue weighted by atomic mass is 10.1. The van der Waals surface area contributed by atoms with Crippen molar-refractivity contribution in [2.24, 2.45) is 0 Å². The number of hydrogen-bond donors (Lipinski definition) is 2. The van der Waals surface area contributed by atoms with Gasteiger partial charge in [0.1, 0.15) is 5.75 Å². The van der Waals surface area contributed by atoms with E-state index in [1.165, 1.54) is 0 Å². The third-order valence-electron chi connectivity index (χ3n) is 3.39. The summed E-state index contributed by atoms with van der Waals surface area (Å²) >= 11 is 0. The van der Waals surface area contributed by atoms with Crippen molar-refractivity contribution in [1.82, 2.24) is 5.32 Å². The van der Waals surface area contributed by atoms with E-state index < -0.39 is 0 Å². The molecule has 0 aromatic heterocycles. The number of amides is 1. The second-order valence-corrected chi connectivity index (χ2v) is 5.21. The zero-order chi connectivity index (χ0) is 15.9.